The third-order valence-corrected chi connectivity index (χ3v) is 4.01. The molecular weight excluding hydrogens is 331 g/mol. The summed E-state index contributed by atoms with van der Waals surface area (Å²) >= 11 is 9.85. The molecule has 0 saturated heterocycles. The third-order valence-electron chi connectivity index (χ3n) is 2.90. The van der Waals surface area contributed by atoms with Crippen molar-refractivity contribution >= 4 is 27.5 Å². The van der Waals surface area contributed by atoms with Crippen LogP contribution in [0.3, 0.4) is 0 Å². The van der Waals surface area contributed by atoms with Crippen LogP contribution in [0.2, 0.25) is 0 Å². The molecule has 0 fully saturated rings. The van der Waals surface area contributed by atoms with Crippen LogP contribution in [0.1, 0.15) is 16.5 Å². The van der Waals surface area contributed by atoms with Crippen LogP contribution in [0.4, 0.5) is 4.39 Å². The summed E-state index contributed by atoms with van der Waals surface area (Å²) in [7, 11) is 1.60. The molecule has 0 heterocycles. The Hall–Kier alpha value is -1.06. The molecular formula is C15H13BrClFO. The van der Waals surface area contributed by atoms with Gasteiger partial charge in [0.05, 0.1) is 12.5 Å². The number of methoxy groups -OCH3 is 1. The largest absolute Gasteiger partial charge is 0.497 e. The second-order valence-corrected chi connectivity index (χ2v) is 5.53. The summed E-state index contributed by atoms with van der Waals surface area (Å²) in [6.45, 7) is 0. The van der Waals surface area contributed by atoms with Crippen molar-refractivity contribution in [3.05, 3.63) is 63.9 Å². The van der Waals surface area contributed by atoms with Gasteiger partial charge in [-0.25, -0.2) is 4.39 Å². The van der Waals surface area contributed by atoms with Gasteiger partial charge in [0.1, 0.15) is 11.6 Å². The van der Waals surface area contributed by atoms with Gasteiger partial charge < -0.3 is 4.74 Å². The van der Waals surface area contributed by atoms with E-state index >= 15 is 0 Å². The van der Waals surface area contributed by atoms with E-state index in [0.29, 0.717) is 12.0 Å². The van der Waals surface area contributed by atoms with Gasteiger partial charge in [-0.3, -0.25) is 0 Å². The summed E-state index contributed by atoms with van der Waals surface area (Å²) in [6, 6.07) is 12.3. The molecule has 2 aromatic carbocycles. The number of hydrogen-bond acceptors (Lipinski definition) is 1. The average molecular weight is 344 g/mol. The van der Waals surface area contributed by atoms with Crippen LogP contribution in [0.25, 0.3) is 0 Å². The molecule has 2 aromatic rings. The smallest absolute Gasteiger partial charge is 0.126 e. The van der Waals surface area contributed by atoms with Crippen LogP contribution < -0.4 is 4.74 Å². The van der Waals surface area contributed by atoms with Crippen molar-refractivity contribution in [2.45, 2.75) is 11.8 Å². The fourth-order valence-electron chi connectivity index (χ4n) is 1.86. The summed E-state index contributed by atoms with van der Waals surface area (Å²) in [5.74, 6) is 0.504. The average Bonchev–Trinajstić information content (AvgIpc) is 2.42. The van der Waals surface area contributed by atoms with Crippen LogP contribution in [0.15, 0.2) is 46.9 Å². The molecule has 1 unspecified atom stereocenters. The topological polar surface area (TPSA) is 9.23 Å². The van der Waals surface area contributed by atoms with E-state index in [1.165, 1.54) is 6.07 Å². The fourth-order valence-corrected chi connectivity index (χ4v) is 2.86. The first kappa shape index (κ1) is 14.4. The van der Waals surface area contributed by atoms with Crippen molar-refractivity contribution in [3.8, 4) is 5.75 Å². The second kappa shape index (κ2) is 6.40. The quantitative estimate of drug-likeness (QED) is 0.700. The number of alkyl halides is 1. The minimum absolute atomic E-state index is 0.229. The standard InChI is InChI=1S/C15H13BrClFO/c1-19-11-6-7-13(16)12(9-11)14(17)8-10-4-2-3-5-15(10)18/h2-7,9,14H,8H2,1H3. The van der Waals surface area contributed by atoms with Gasteiger partial charge in [-0.1, -0.05) is 34.1 Å². The molecule has 2 rings (SSSR count). The Kier molecular flexibility index (Phi) is 4.83. The molecule has 1 atom stereocenters. The second-order valence-electron chi connectivity index (χ2n) is 4.15. The molecule has 0 amide bonds. The van der Waals surface area contributed by atoms with E-state index in [-0.39, 0.29) is 11.2 Å². The van der Waals surface area contributed by atoms with Crippen molar-refractivity contribution < 1.29 is 9.13 Å². The van der Waals surface area contributed by atoms with E-state index in [0.717, 1.165) is 15.8 Å². The zero-order valence-corrected chi connectivity index (χ0v) is 12.7. The van der Waals surface area contributed by atoms with Crippen molar-refractivity contribution in [3.63, 3.8) is 0 Å². The molecule has 0 aliphatic rings. The fraction of sp³-hybridized carbons (Fsp3) is 0.200. The van der Waals surface area contributed by atoms with Crippen molar-refractivity contribution in [1.29, 1.82) is 0 Å². The summed E-state index contributed by atoms with van der Waals surface area (Å²) in [6.07, 6.45) is 0.431. The van der Waals surface area contributed by atoms with Gasteiger partial charge in [0.15, 0.2) is 0 Å². The van der Waals surface area contributed by atoms with Gasteiger partial charge in [-0.05, 0) is 41.8 Å². The molecule has 1 nitrogen and oxygen atoms in total. The zero-order chi connectivity index (χ0) is 13.8. The molecule has 0 aromatic heterocycles. The maximum Gasteiger partial charge on any atom is 0.126 e. The Bertz CT molecular complexity index is 574. The Morgan fingerprint density at radius 2 is 2.00 bits per heavy atom. The van der Waals surface area contributed by atoms with Crippen LogP contribution >= 0.6 is 27.5 Å². The minimum atomic E-state index is -0.318. The first-order valence-electron chi connectivity index (χ1n) is 5.82. The number of ether oxygens (including phenoxy) is 1. The summed E-state index contributed by atoms with van der Waals surface area (Å²) in [4.78, 5) is 0. The van der Waals surface area contributed by atoms with Crippen LogP contribution in [0, 0.1) is 5.82 Å². The molecule has 0 spiro atoms. The van der Waals surface area contributed by atoms with Crippen molar-refractivity contribution in [2.75, 3.05) is 7.11 Å². The summed E-state index contributed by atoms with van der Waals surface area (Å²) in [5.41, 5.74) is 1.50. The summed E-state index contributed by atoms with van der Waals surface area (Å²) < 4.78 is 19.7. The van der Waals surface area contributed by atoms with E-state index in [1.54, 1.807) is 19.2 Å². The molecule has 0 saturated carbocycles. The molecule has 19 heavy (non-hydrogen) atoms. The number of rotatable bonds is 4. The van der Waals surface area contributed by atoms with Gasteiger partial charge >= 0.3 is 0 Å². The highest BCUT2D eigenvalue weighted by Gasteiger charge is 2.15. The zero-order valence-electron chi connectivity index (χ0n) is 10.4. The highest BCUT2D eigenvalue weighted by atomic mass is 79.9. The highest BCUT2D eigenvalue weighted by Crippen LogP contribution is 2.34. The maximum atomic E-state index is 13.6. The monoisotopic (exact) mass is 342 g/mol. The highest BCUT2D eigenvalue weighted by molar-refractivity contribution is 9.10. The van der Waals surface area contributed by atoms with Gasteiger partial charge in [0.25, 0.3) is 0 Å². The lowest BCUT2D eigenvalue weighted by molar-refractivity contribution is 0.414. The lowest BCUT2D eigenvalue weighted by Gasteiger charge is -2.14. The van der Waals surface area contributed by atoms with Gasteiger partial charge in [-0.15, -0.1) is 11.6 Å². The number of benzene rings is 2. The van der Waals surface area contributed by atoms with E-state index in [2.05, 4.69) is 15.9 Å². The van der Waals surface area contributed by atoms with Gasteiger partial charge in [-0.2, -0.15) is 0 Å². The summed E-state index contributed by atoms with van der Waals surface area (Å²) in [5, 5.41) is -0.318. The maximum absolute atomic E-state index is 13.6. The molecule has 100 valence electrons. The van der Waals surface area contributed by atoms with Gasteiger partial charge in [0, 0.05) is 4.47 Å². The first-order chi connectivity index (χ1) is 9.11. The molecule has 0 aliphatic carbocycles. The predicted molar refractivity (Wildman–Crippen MR) is 79.4 cm³/mol. The van der Waals surface area contributed by atoms with Crippen molar-refractivity contribution in [1.82, 2.24) is 0 Å². The van der Waals surface area contributed by atoms with Crippen LogP contribution in [-0.4, -0.2) is 7.11 Å². The van der Waals surface area contributed by atoms with Crippen molar-refractivity contribution in [2.24, 2.45) is 0 Å². The Morgan fingerprint density at radius 1 is 1.26 bits per heavy atom. The normalized spacial score (nSPS) is 12.2. The van der Waals surface area contributed by atoms with E-state index in [4.69, 9.17) is 16.3 Å². The number of halogens is 3. The Labute approximate surface area is 125 Å². The lowest BCUT2D eigenvalue weighted by Crippen LogP contribution is -2.00. The lowest BCUT2D eigenvalue weighted by atomic mass is 10.0. The minimum Gasteiger partial charge on any atom is -0.497 e. The predicted octanol–water partition coefficient (Wildman–Crippen LogP) is 5.12. The third kappa shape index (κ3) is 3.48. The Morgan fingerprint density at radius 3 is 2.68 bits per heavy atom. The van der Waals surface area contributed by atoms with E-state index in [9.17, 15) is 4.39 Å². The van der Waals surface area contributed by atoms with E-state index < -0.39 is 0 Å². The van der Waals surface area contributed by atoms with Crippen LogP contribution in [0.5, 0.6) is 5.75 Å². The molecule has 0 aliphatic heterocycles. The SMILES string of the molecule is COc1ccc(Br)c(C(Cl)Cc2ccccc2F)c1. The number of hydrogen-bond donors (Lipinski definition) is 0. The molecule has 0 radical (unpaired) electrons. The molecule has 0 bridgehead atoms. The first-order valence-corrected chi connectivity index (χ1v) is 7.05. The van der Waals surface area contributed by atoms with Crippen LogP contribution in [-0.2, 0) is 6.42 Å². The van der Waals surface area contributed by atoms with Gasteiger partial charge in [0.2, 0.25) is 0 Å². The molecule has 0 N–H and O–H groups in total. The van der Waals surface area contributed by atoms with E-state index in [1.807, 2.05) is 24.3 Å². The molecule has 4 heteroatoms. The Balaban J connectivity index is 2.25.